The lowest BCUT2D eigenvalue weighted by Gasteiger charge is -1.82. The summed E-state index contributed by atoms with van der Waals surface area (Å²) in [5.74, 6) is 0.532. The van der Waals surface area contributed by atoms with Crippen LogP contribution < -0.4 is 16.3 Å². The van der Waals surface area contributed by atoms with E-state index in [-0.39, 0.29) is 0 Å². The van der Waals surface area contributed by atoms with Gasteiger partial charge in [-0.3, -0.25) is 5.10 Å². The van der Waals surface area contributed by atoms with Crippen molar-refractivity contribution in [3.05, 3.63) is 22.7 Å². The van der Waals surface area contributed by atoms with Crippen molar-refractivity contribution in [2.75, 3.05) is 5.73 Å². The van der Waals surface area contributed by atoms with Crippen molar-refractivity contribution < 1.29 is 0 Å². The highest BCUT2D eigenvalue weighted by Crippen LogP contribution is 1.85. The molecule has 0 aliphatic heterocycles. The van der Waals surface area contributed by atoms with Gasteiger partial charge in [-0.2, -0.15) is 5.10 Å². The van der Waals surface area contributed by atoms with Gasteiger partial charge >= 0.3 is 0 Å². The van der Waals surface area contributed by atoms with Gasteiger partial charge in [0.05, 0.1) is 5.35 Å². The maximum Gasteiger partial charge on any atom is 0.152 e. The average Bonchev–Trinajstić information content (AvgIpc) is 2.30. The maximum atomic E-state index is 5.60. The molecular weight excluding hydrogens is 150 g/mol. The molecule has 0 aromatic carbocycles. The van der Waals surface area contributed by atoms with E-state index < -0.39 is 0 Å². The molecule has 64 valence electrons. The van der Waals surface area contributed by atoms with E-state index in [0.717, 1.165) is 16.1 Å². The summed E-state index contributed by atoms with van der Waals surface area (Å²) in [6.45, 7) is 7.63. The lowest BCUT2D eigenvalue weighted by Crippen LogP contribution is -2.24. The third-order valence-corrected chi connectivity index (χ3v) is 1.54. The van der Waals surface area contributed by atoms with Gasteiger partial charge < -0.3 is 5.73 Å². The molecule has 1 aromatic rings. The monoisotopic (exact) mass is 163 g/mol. The van der Waals surface area contributed by atoms with Gasteiger partial charge in [0.15, 0.2) is 5.82 Å². The van der Waals surface area contributed by atoms with Gasteiger partial charge in [-0.05, 0) is 19.9 Å². The molecule has 0 amide bonds. The number of nitrogens with one attached hydrogen (secondary N) is 1. The van der Waals surface area contributed by atoms with Crippen LogP contribution in [0.5, 0.6) is 0 Å². The zero-order chi connectivity index (χ0) is 9.14. The third-order valence-electron chi connectivity index (χ3n) is 1.54. The van der Waals surface area contributed by atoms with E-state index in [4.69, 9.17) is 5.73 Å². The molecule has 3 heteroatoms. The van der Waals surface area contributed by atoms with Crippen molar-refractivity contribution in [2.45, 2.75) is 13.8 Å². The fourth-order valence-corrected chi connectivity index (χ4v) is 1.04. The number of allylic oxidation sites excluding steroid dienone is 1. The summed E-state index contributed by atoms with van der Waals surface area (Å²) in [6.07, 6.45) is 3.84. The third kappa shape index (κ3) is 1.56. The number of nitrogens with two attached hydrogens (primary N) is 1. The first-order chi connectivity index (χ1) is 5.65. The number of nitrogen functional groups attached to an aromatic ring is 1. The highest BCUT2D eigenvalue weighted by atomic mass is 15.1. The summed E-state index contributed by atoms with van der Waals surface area (Å²) in [5, 5.41) is 8.58. The molecule has 0 atom stereocenters. The van der Waals surface area contributed by atoms with E-state index in [1.54, 1.807) is 0 Å². The average molecular weight is 163 g/mol. The second kappa shape index (κ2) is 3.26. The van der Waals surface area contributed by atoms with Crippen LogP contribution in [-0.2, 0) is 0 Å². The van der Waals surface area contributed by atoms with Crippen LogP contribution in [0.15, 0.2) is 12.2 Å². The van der Waals surface area contributed by atoms with E-state index in [1.165, 1.54) is 0 Å². The number of hydrogen-bond acceptors (Lipinski definition) is 2. The van der Waals surface area contributed by atoms with Crippen molar-refractivity contribution in [3.8, 4) is 0 Å². The van der Waals surface area contributed by atoms with E-state index in [1.807, 2.05) is 26.0 Å². The summed E-state index contributed by atoms with van der Waals surface area (Å²) in [4.78, 5) is 0. The minimum atomic E-state index is 0.532. The first-order valence-corrected chi connectivity index (χ1v) is 3.78. The molecule has 0 aliphatic rings. The number of aromatic nitrogens is 2. The van der Waals surface area contributed by atoms with Gasteiger partial charge in [0.2, 0.25) is 0 Å². The Morgan fingerprint density at radius 1 is 1.67 bits per heavy atom. The normalized spacial score (nSPS) is 13.8. The van der Waals surface area contributed by atoms with Crippen LogP contribution in [0.3, 0.4) is 0 Å². The Morgan fingerprint density at radius 3 is 2.83 bits per heavy atom. The Bertz CT molecular complexity index is 398. The van der Waals surface area contributed by atoms with Gasteiger partial charge in [-0.1, -0.05) is 18.2 Å². The van der Waals surface area contributed by atoms with Crippen molar-refractivity contribution >= 4 is 18.0 Å². The number of H-pyrrole nitrogens is 1. The molecule has 0 aliphatic carbocycles. The van der Waals surface area contributed by atoms with Crippen molar-refractivity contribution in [3.63, 3.8) is 0 Å². The van der Waals surface area contributed by atoms with Crippen molar-refractivity contribution in [2.24, 2.45) is 0 Å². The van der Waals surface area contributed by atoms with Crippen LogP contribution in [-0.4, -0.2) is 10.2 Å². The van der Waals surface area contributed by atoms with Crippen LogP contribution in [0.25, 0.3) is 12.2 Å². The number of nitrogens with zero attached hydrogens (tertiary/aromatic N) is 1. The van der Waals surface area contributed by atoms with Crippen LogP contribution in [0.2, 0.25) is 0 Å². The molecule has 0 saturated heterocycles. The van der Waals surface area contributed by atoms with E-state index >= 15 is 0 Å². The molecule has 12 heavy (non-hydrogen) atoms. The molecule has 3 N–H and O–H groups in total. The number of anilines is 1. The fourth-order valence-electron chi connectivity index (χ4n) is 1.04. The molecule has 0 spiro atoms. The predicted molar refractivity (Wildman–Crippen MR) is 51.7 cm³/mol. The molecule has 3 nitrogen and oxygen atoms in total. The topological polar surface area (TPSA) is 54.7 Å². The van der Waals surface area contributed by atoms with Gasteiger partial charge in [0.25, 0.3) is 0 Å². The standard InChI is InChI=1S/C9H13N3/c1-4-7-8(5-6(2)3)11-12-9(7)10/h4-5,11H,2H2,1,3H3,(H2,10,12)/b7-4+,8-5+. The second-order valence-electron chi connectivity index (χ2n) is 2.72. The zero-order valence-electron chi connectivity index (χ0n) is 7.39. The summed E-state index contributed by atoms with van der Waals surface area (Å²) >= 11 is 0. The summed E-state index contributed by atoms with van der Waals surface area (Å²) < 4.78 is 0. The van der Waals surface area contributed by atoms with Gasteiger partial charge in [-0.25, -0.2) is 0 Å². The van der Waals surface area contributed by atoms with Crippen LogP contribution in [0.4, 0.5) is 5.82 Å². The molecule has 0 bridgehead atoms. The molecule has 0 radical (unpaired) electrons. The number of hydrogen-bond donors (Lipinski definition) is 2. The predicted octanol–water partition coefficient (Wildman–Crippen LogP) is 0.149. The second-order valence-corrected chi connectivity index (χ2v) is 2.72. The van der Waals surface area contributed by atoms with Crippen LogP contribution >= 0.6 is 0 Å². The lowest BCUT2D eigenvalue weighted by atomic mass is 10.3. The molecule has 1 aromatic heterocycles. The van der Waals surface area contributed by atoms with Crippen molar-refractivity contribution in [1.82, 2.24) is 10.2 Å². The van der Waals surface area contributed by atoms with Gasteiger partial charge in [-0.15, -0.1) is 0 Å². The zero-order valence-corrected chi connectivity index (χ0v) is 7.39. The van der Waals surface area contributed by atoms with Crippen LogP contribution in [0, 0.1) is 0 Å². The van der Waals surface area contributed by atoms with Crippen LogP contribution in [0.1, 0.15) is 13.8 Å². The Balaban J connectivity index is 3.46. The quantitative estimate of drug-likeness (QED) is 0.619. The summed E-state index contributed by atoms with van der Waals surface area (Å²) in [6, 6.07) is 0. The first-order valence-electron chi connectivity index (χ1n) is 3.78. The molecule has 0 saturated carbocycles. The van der Waals surface area contributed by atoms with E-state index in [2.05, 4.69) is 16.8 Å². The summed E-state index contributed by atoms with van der Waals surface area (Å²) in [7, 11) is 0. The first kappa shape index (κ1) is 8.59. The Kier molecular flexibility index (Phi) is 2.33. The van der Waals surface area contributed by atoms with Gasteiger partial charge in [0, 0.05) is 5.22 Å². The Morgan fingerprint density at radius 2 is 2.33 bits per heavy atom. The van der Waals surface area contributed by atoms with Crippen molar-refractivity contribution in [1.29, 1.82) is 0 Å². The largest absolute Gasteiger partial charge is 0.382 e. The Labute approximate surface area is 71.3 Å². The smallest absolute Gasteiger partial charge is 0.152 e. The fraction of sp³-hybridized carbons (Fsp3) is 0.222. The number of rotatable bonds is 1. The van der Waals surface area contributed by atoms with E-state index in [0.29, 0.717) is 5.82 Å². The number of aromatic amines is 1. The highest BCUT2D eigenvalue weighted by Gasteiger charge is 1.93. The highest BCUT2D eigenvalue weighted by molar-refractivity contribution is 5.46. The molecule has 1 rings (SSSR count). The minimum Gasteiger partial charge on any atom is -0.382 e. The summed E-state index contributed by atoms with van der Waals surface area (Å²) in [5.41, 5.74) is 6.58. The molecular formula is C9H13N3. The molecule has 0 unspecified atom stereocenters. The minimum absolute atomic E-state index is 0.532. The molecule has 0 fully saturated rings. The van der Waals surface area contributed by atoms with E-state index in [9.17, 15) is 0 Å². The molecule has 1 heterocycles. The van der Waals surface area contributed by atoms with Gasteiger partial charge in [0.1, 0.15) is 0 Å². The lowest BCUT2D eigenvalue weighted by molar-refractivity contribution is 1.07. The Hall–Kier alpha value is -1.51. The maximum absolute atomic E-state index is 5.60. The SMILES string of the molecule is C=C(C)/C=c1/[nH]nc(N)/c1=C/C.